The summed E-state index contributed by atoms with van der Waals surface area (Å²) in [5, 5.41) is 2.99. The highest BCUT2D eigenvalue weighted by Gasteiger charge is 2.35. The number of amides is 2. The van der Waals surface area contributed by atoms with E-state index in [2.05, 4.69) is 29.4 Å². The molecule has 1 aliphatic heterocycles. The minimum Gasteiger partial charge on any atom is -0.497 e. The first-order valence-corrected chi connectivity index (χ1v) is 10.0. The number of methoxy groups -OCH3 is 1. The minimum absolute atomic E-state index is 0.0269. The molecule has 1 unspecified atom stereocenters. The van der Waals surface area contributed by atoms with Gasteiger partial charge in [0.1, 0.15) is 5.75 Å². The maximum absolute atomic E-state index is 12.5. The third-order valence-corrected chi connectivity index (χ3v) is 5.17. The predicted molar refractivity (Wildman–Crippen MR) is 114 cm³/mol. The molecule has 1 aliphatic rings. The lowest BCUT2D eigenvalue weighted by atomic mass is 10.1. The standard InChI is InChI=1S/C23H29N3O3/c1-25(16-18-8-4-3-5-9-18)13-7-12-24-23(28)19-14-22(27)26(17-19)20-10-6-11-21(15-20)29-2/h3-6,8-11,15,19H,7,12-14,16-17H2,1-2H3,(H,24,28). The summed E-state index contributed by atoms with van der Waals surface area (Å²) >= 11 is 0. The number of anilines is 1. The van der Waals surface area contributed by atoms with Crippen LogP contribution in [0.1, 0.15) is 18.4 Å². The molecule has 0 radical (unpaired) electrons. The molecule has 0 aliphatic carbocycles. The van der Waals surface area contributed by atoms with Crippen molar-refractivity contribution >= 4 is 17.5 Å². The van der Waals surface area contributed by atoms with Crippen LogP contribution in [0.5, 0.6) is 5.75 Å². The number of nitrogens with zero attached hydrogens (tertiary/aromatic N) is 2. The zero-order valence-electron chi connectivity index (χ0n) is 17.1. The van der Waals surface area contributed by atoms with E-state index in [0.717, 1.165) is 25.2 Å². The van der Waals surface area contributed by atoms with Crippen molar-refractivity contribution in [3.05, 3.63) is 60.2 Å². The Hall–Kier alpha value is -2.86. The Bertz CT molecular complexity index is 825. The number of nitrogens with one attached hydrogen (secondary N) is 1. The number of carbonyl (C=O) groups excluding carboxylic acids is 2. The van der Waals surface area contributed by atoms with Crippen molar-refractivity contribution in [3.8, 4) is 5.75 Å². The van der Waals surface area contributed by atoms with Gasteiger partial charge in [-0.3, -0.25) is 9.59 Å². The smallest absolute Gasteiger partial charge is 0.227 e. The van der Waals surface area contributed by atoms with E-state index in [1.54, 1.807) is 12.0 Å². The van der Waals surface area contributed by atoms with E-state index in [0.29, 0.717) is 18.8 Å². The van der Waals surface area contributed by atoms with Gasteiger partial charge in [-0.05, 0) is 37.7 Å². The number of rotatable bonds is 9. The van der Waals surface area contributed by atoms with E-state index in [1.165, 1.54) is 5.56 Å². The van der Waals surface area contributed by atoms with Crippen LogP contribution in [-0.4, -0.2) is 50.5 Å². The number of carbonyl (C=O) groups is 2. The quantitative estimate of drug-likeness (QED) is 0.663. The average Bonchev–Trinajstić information content (AvgIpc) is 3.13. The molecule has 2 aromatic carbocycles. The molecule has 1 atom stereocenters. The normalized spacial score (nSPS) is 16.3. The van der Waals surface area contributed by atoms with E-state index >= 15 is 0 Å². The Balaban J connectivity index is 1.41. The maximum Gasteiger partial charge on any atom is 0.227 e. The van der Waals surface area contributed by atoms with Crippen LogP contribution in [0.3, 0.4) is 0 Å². The molecule has 0 spiro atoms. The topological polar surface area (TPSA) is 61.9 Å². The second-order valence-corrected chi connectivity index (χ2v) is 7.47. The summed E-state index contributed by atoms with van der Waals surface area (Å²) in [6.45, 7) is 2.81. The molecule has 0 bridgehead atoms. The summed E-state index contributed by atoms with van der Waals surface area (Å²) in [5.41, 5.74) is 2.05. The van der Waals surface area contributed by atoms with Gasteiger partial charge in [0.25, 0.3) is 0 Å². The fraction of sp³-hybridized carbons (Fsp3) is 0.391. The van der Waals surface area contributed by atoms with Crippen molar-refractivity contribution in [2.75, 3.05) is 38.7 Å². The highest BCUT2D eigenvalue weighted by Crippen LogP contribution is 2.27. The minimum atomic E-state index is -0.309. The monoisotopic (exact) mass is 395 g/mol. The molecule has 2 aromatic rings. The fourth-order valence-corrected chi connectivity index (χ4v) is 3.59. The molecule has 1 N–H and O–H groups in total. The van der Waals surface area contributed by atoms with Gasteiger partial charge in [-0.2, -0.15) is 0 Å². The third-order valence-electron chi connectivity index (χ3n) is 5.17. The predicted octanol–water partition coefficient (Wildman–Crippen LogP) is 2.69. The Labute approximate surface area is 172 Å². The molecule has 0 aromatic heterocycles. The highest BCUT2D eigenvalue weighted by atomic mass is 16.5. The van der Waals surface area contributed by atoms with E-state index in [-0.39, 0.29) is 24.2 Å². The summed E-state index contributed by atoms with van der Waals surface area (Å²) in [7, 11) is 3.68. The van der Waals surface area contributed by atoms with Crippen molar-refractivity contribution in [2.45, 2.75) is 19.4 Å². The molecule has 2 amide bonds. The molecular formula is C23H29N3O3. The van der Waals surface area contributed by atoms with E-state index < -0.39 is 0 Å². The molecule has 1 heterocycles. The number of benzene rings is 2. The number of hydrogen-bond donors (Lipinski definition) is 1. The van der Waals surface area contributed by atoms with Gasteiger partial charge in [0.2, 0.25) is 11.8 Å². The van der Waals surface area contributed by atoms with Crippen LogP contribution in [0, 0.1) is 5.92 Å². The van der Waals surface area contributed by atoms with Gasteiger partial charge in [0.05, 0.1) is 13.0 Å². The lowest BCUT2D eigenvalue weighted by Gasteiger charge is -2.18. The first kappa shape index (κ1) is 20.9. The molecule has 154 valence electrons. The second-order valence-electron chi connectivity index (χ2n) is 7.47. The molecule has 6 heteroatoms. The van der Waals surface area contributed by atoms with Gasteiger partial charge >= 0.3 is 0 Å². The van der Waals surface area contributed by atoms with Crippen molar-refractivity contribution < 1.29 is 14.3 Å². The summed E-state index contributed by atoms with van der Waals surface area (Å²) in [5.74, 6) is 0.314. The second kappa shape index (κ2) is 10.1. The van der Waals surface area contributed by atoms with Gasteiger partial charge in [0.15, 0.2) is 0 Å². The molecule has 3 rings (SSSR count). The van der Waals surface area contributed by atoms with Crippen LogP contribution >= 0.6 is 0 Å². The van der Waals surface area contributed by atoms with Crippen LogP contribution in [0.15, 0.2) is 54.6 Å². The van der Waals surface area contributed by atoms with Crippen molar-refractivity contribution in [1.29, 1.82) is 0 Å². The zero-order chi connectivity index (χ0) is 20.6. The molecule has 6 nitrogen and oxygen atoms in total. The Morgan fingerprint density at radius 3 is 2.76 bits per heavy atom. The lowest BCUT2D eigenvalue weighted by Crippen LogP contribution is -2.34. The summed E-state index contributed by atoms with van der Waals surface area (Å²) in [6.07, 6.45) is 1.12. The Morgan fingerprint density at radius 2 is 2.00 bits per heavy atom. The first-order valence-electron chi connectivity index (χ1n) is 10.0. The van der Waals surface area contributed by atoms with Gasteiger partial charge < -0.3 is 19.9 Å². The fourth-order valence-electron chi connectivity index (χ4n) is 3.59. The lowest BCUT2D eigenvalue weighted by molar-refractivity contribution is -0.126. The van der Waals surface area contributed by atoms with Crippen molar-refractivity contribution in [2.24, 2.45) is 5.92 Å². The number of hydrogen-bond acceptors (Lipinski definition) is 4. The molecule has 0 saturated carbocycles. The van der Waals surface area contributed by atoms with Crippen LogP contribution in [0.2, 0.25) is 0 Å². The van der Waals surface area contributed by atoms with Crippen LogP contribution in [-0.2, 0) is 16.1 Å². The summed E-state index contributed by atoms with van der Waals surface area (Å²) in [6, 6.07) is 17.7. The SMILES string of the molecule is COc1cccc(N2CC(C(=O)NCCCN(C)Cc3ccccc3)CC2=O)c1. The van der Waals surface area contributed by atoms with Crippen LogP contribution in [0.4, 0.5) is 5.69 Å². The Kier molecular flexibility index (Phi) is 7.25. The summed E-state index contributed by atoms with van der Waals surface area (Å²) in [4.78, 5) is 28.8. The molecule has 1 fully saturated rings. The van der Waals surface area contributed by atoms with Crippen LogP contribution in [0.25, 0.3) is 0 Å². The van der Waals surface area contributed by atoms with Crippen molar-refractivity contribution in [1.82, 2.24) is 10.2 Å². The maximum atomic E-state index is 12.5. The third kappa shape index (κ3) is 5.81. The van der Waals surface area contributed by atoms with Crippen LogP contribution < -0.4 is 15.0 Å². The highest BCUT2D eigenvalue weighted by molar-refractivity contribution is 6.00. The average molecular weight is 396 g/mol. The van der Waals surface area contributed by atoms with Gasteiger partial charge in [-0.1, -0.05) is 36.4 Å². The largest absolute Gasteiger partial charge is 0.497 e. The molecule has 1 saturated heterocycles. The van der Waals surface area contributed by atoms with E-state index in [1.807, 2.05) is 42.5 Å². The van der Waals surface area contributed by atoms with E-state index in [4.69, 9.17) is 4.74 Å². The zero-order valence-corrected chi connectivity index (χ0v) is 17.1. The van der Waals surface area contributed by atoms with E-state index in [9.17, 15) is 9.59 Å². The first-order chi connectivity index (χ1) is 14.1. The summed E-state index contributed by atoms with van der Waals surface area (Å²) < 4.78 is 5.22. The molecule has 29 heavy (non-hydrogen) atoms. The van der Waals surface area contributed by atoms with Gasteiger partial charge in [0, 0.05) is 37.8 Å². The van der Waals surface area contributed by atoms with Gasteiger partial charge in [-0.25, -0.2) is 0 Å². The Morgan fingerprint density at radius 1 is 1.21 bits per heavy atom. The van der Waals surface area contributed by atoms with Crippen molar-refractivity contribution in [3.63, 3.8) is 0 Å². The number of ether oxygens (including phenoxy) is 1. The molecular weight excluding hydrogens is 366 g/mol. The van der Waals surface area contributed by atoms with Gasteiger partial charge in [-0.15, -0.1) is 0 Å².